The van der Waals surface area contributed by atoms with Crippen molar-refractivity contribution in [3.05, 3.63) is 35.9 Å². The standard InChI is InChI=1S/C15H20N2O2/c18-15(19)14(11-4-2-1-3-5-11)16-13-7-9-17-8-6-12(13)10-17/h1-5,12-14,16H,6-10H2,(H,18,19). The number of carboxylic acids is 1. The van der Waals surface area contributed by atoms with Gasteiger partial charge in [0.1, 0.15) is 6.04 Å². The lowest BCUT2D eigenvalue weighted by Crippen LogP contribution is -2.46. The Kier molecular flexibility index (Phi) is 3.53. The van der Waals surface area contributed by atoms with Gasteiger partial charge in [-0.05, 0) is 37.4 Å². The summed E-state index contributed by atoms with van der Waals surface area (Å²) in [5.74, 6) is -0.175. The van der Waals surface area contributed by atoms with Crippen molar-refractivity contribution in [1.82, 2.24) is 10.2 Å². The van der Waals surface area contributed by atoms with Crippen LogP contribution in [-0.4, -0.2) is 41.7 Å². The molecule has 3 rings (SSSR count). The van der Waals surface area contributed by atoms with Crippen LogP contribution in [0.4, 0.5) is 0 Å². The molecule has 2 aliphatic heterocycles. The molecule has 1 aromatic carbocycles. The highest BCUT2D eigenvalue weighted by Gasteiger charge is 2.36. The fraction of sp³-hybridized carbons (Fsp3) is 0.533. The second-order valence-electron chi connectivity index (χ2n) is 5.59. The summed E-state index contributed by atoms with van der Waals surface area (Å²) in [6.45, 7) is 3.39. The third kappa shape index (κ3) is 2.65. The fourth-order valence-electron chi connectivity index (χ4n) is 3.34. The maximum absolute atomic E-state index is 11.5. The first-order valence-corrected chi connectivity index (χ1v) is 7.00. The lowest BCUT2D eigenvalue weighted by atomic mass is 9.92. The zero-order valence-corrected chi connectivity index (χ0v) is 11.0. The molecule has 0 amide bonds. The summed E-state index contributed by atoms with van der Waals surface area (Å²) in [7, 11) is 0. The number of fused-ring (bicyclic) bond motifs is 2. The van der Waals surface area contributed by atoms with Crippen molar-refractivity contribution in [3.8, 4) is 0 Å². The summed E-state index contributed by atoms with van der Waals surface area (Å²) in [5, 5.41) is 12.8. The van der Waals surface area contributed by atoms with Crippen molar-refractivity contribution >= 4 is 5.97 Å². The Morgan fingerprint density at radius 2 is 2.00 bits per heavy atom. The van der Waals surface area contributed by atoms with Gasteiger partial charge in [-0.25, -0.2) is 0 Å². The maximum atomic E-state index is 11.5. The number of aliphatic carboxylic acids is 1. The molecule has 102 valence electrons. The van der Waals surface area contributed by atoms with Gasteiger partial charge < -0.3 is 10.0 Å². The Balaban J connectivity index is 1.73. The molecule has 4 atom stereocenters. The molecule has 1 aromatic rings. The van der Waals surface area contributed by atoms with Crippen molar-refractivity contribution in [2.45, 2.75) is 24.9 Å². The third-order valence-electron chi connectivity index (χ3n) is 4.39. The first-order valence-electron chi connectivity index (χ1n) is 7.00. The number of rotatable bonds is 4. The van der Waals surface area contributed by atoms with Crippen molar-refractivity contribution in [2.24, 2.45) is 5.92 Å². The Bertz CT molecular complexity index is 449. The number of nitrogens with one attached hydrogen (secondary N) is 1. The topological polar surface area (TPSA) is 52.6 Å². The molecule has 19 heavy (non-hydrogen) atoms. The van der Waals surface area contributed by atoms with E-state index >= 15 is 0 Å². The summed E-state index contributed by atoms with van der Waals surface area (Å²) in [5.41, 5.74) is 0.843. The molecule has 0 radical (unpaired) electrons. The first-order chi connectivity index (χ1) is 9.24. The van der Waals surface area contributed by atoms with Gasteiger partial charge in [0.05, 0.1) is 0 Å². The van der Waals surface area contributed by atoms with Crippen LogP contribution >= 0.6 is 0 Å². The minimum Gasteiger partial charge on any atom is -0.480 e. The zero-order chi connectivity index (χ0) is 13.2. The van der Waals surface area contributed by atoms with E-state index in [1.54, 1.807) is 0 Å². The molecule has 0 saturated carbocycles. The smallest absolute Gasteiger partial charge is 0.325 e. The molecule has 2 saturated heterocycles. The number of piperidine rings is 1. The van der Waals surface area contributed by atoms with E-state index in [-0.39, 0.29) is 0 Å². The molecule has 4 nitrogen and oxygen atoms in total. The highest BCUT2D eigenvalue weighted by molar-refractivity contribution is 5.75. The molecule has 4 unspecified atom stereocenters. The molecule has 2 fully saturated rings. The van der Waals surface area contributed by atoms with Gasteiger partial charge in [-0.2, -0.15) is 0 Å². The Labute approximate surface area is 113 Å². The van der Waals surface area contributed by atoms with E-state index in [0.29, 0.717) is 12.0 Å². The van der Waals surface area contributed by atoms with Crippen LogP contribution in [-0.2, 0) is 4.79 Å². The van der Waals surface area contributed by atoms with Crippen LogP contribution in [0.1, 0.15) is 24.4 Å². The van der Waals surface area contributed by atoms with E-state index in [4.69, 9.17) is 0 Å². The normalized spacial score (nSPS) is 31.1. The van der Waals surface area contributed by atoms with Crippen LogP contribution < -0.4 is 5.32 Å². The van der Waals surface area contributed by atoms with Crippen LogP contribution in [0.15, 0.2) is 30.3 Å². The molecule has 0 spiro atoms. The largest absolute Gasteiger partial charge is 0.480 e. The minimum atomic E-state index is -0.786. The monoisotopic (exact) mass is 260 g/mol. The number of hydrogen-bond donors (Lipinski definition) is 2. The number of benzene rings is 1. The van der Waals surface area contributed by atoms with Gasteiger partial charge in [0, 0.05) is 12.6 Å². The first kappa shape index (κ1) is 12.6. The Morgan fingerprint density at radius 3 is 2.74 bits per heavy atom. The SMILES string of the molecule is O=C(O)C(NC1CCN2CCC1C2)c1ccccc1. The average molecular weight is 260 g/mol. The van der Waals surface area contributed by atoms with E-state index in [9.17, 15) is 9.90 Å². The lowest BCUT2D eigenvalue weighted by Gasteiger charge is -2.33. The van der Waals surface area contributed by atoms with Gasteiger partial charge in [-0.3, -0.25) is 10.1 Å². The van der Waals surface area contributed by atoms with E-state index < -0.39 is 12.0 Å². The second kappa shape index (κ2) is 5.31. The van der Waals surface area contributed by atoms with Crippen molar-refractivity contribution in [1.29, 1.82) is 0 Å². The van der Waals surface area contributed by atoms with Gasteiger partial charge in [-0.15, -0.1) is 0 Å². The molecule has 0 aliphatic carbocycles. The van der Waals surface area contributed by atoms with Gasteiger partial charge in [0.2, 0.25) is 0 Å². The molecule has 0 aromatic heterocycles. The summed E-state index contributed by atoms with van der Waals surface area (Å²) in [6.07, 6.45) is 2.25. The summed E-state index contributed by atoms with van der Waals surface area (Å²) in [4.78, 5) is 14.0. The summed E-state index contributed by atoms with van der Waals surface area (Å²) in [6, 6.07) is 9.22. The van der Waals surface area contributed by atoms with E-state index in [1.807, 2.05) is 30.3 Å². The van der Waals surface area contributed by atoms with E-state index in [2.05, 4.69) is 10.2 Å². The second-order valence-corrected chi connectivity index (χ2v) is 5.59. The van der Waals surface area contributed by atoms with Crippen molar-refractivity contribution in [3.63, 3.8) is 0 Å². The summed E-state index contributed by atoms with van der Waals surface area (Å²) >= 11 is 0. The predicted molar refractivity (Wildman–Crippen MR) is 72.9 cm³/mol. The number of carboxylic acid groups (broad SMARTS) is 1. The molecular formula is C15H20N2O2. The molecule has 2 heterocycles. The molecule has 2 bridgehead atoms. The molecule has 4 heteroatoms. The lowest BCUT2D eigenvalue weighted by molar-refractivity contribution is -0.140. The molecular weight excluding hydrogens is 240 g/mol. The average Bonchev–Trinajstić information content (AvgIpc) is 2.81. The number of carbonyl (C=O) groups is 1. The van der Waals surface area contributed by atoms with E-state index in [1.165, 1.54) is 13.0 Å². The van der Waals surface area contributed by atoms with Crippen molar-refractivity contribution in [2.75, 3.05) is 19.6 Å². The number of hydrogen-bond acceptors (Lipinski definition) is 3. The Morgan fingerprint density at radius 1 is 1.26 bits per heavy atom. The van der Waals surface area contributed by atoms with Crippen molar-refractivity contribution < 1.29 is 9.90 Å². The van der Waals surface area contributed by atoms with Gasteiger partial charge in [-0.1, -0.05) is 30.3 Å². The molecule has 2 aliphatic rings. The highest BCUT2D eigenvalue weighted by atomic mass is 16.4. The highest BCUT2D eigenvalue weighted by Crippen LogP contribution is 2.29. The quantitative estimate of drug-likeness (QED) is 0.861. The van der Waals surface area contributed by atoms with Gasteiger partial charge >= 0.3 is 5.97 Å². The molecule has 2 N–H and O–H groups in total. The van der Waals surface area contributed by atoms with E-state index in [0.717, 1.165) is 25.1 Å². The van der Waals surface area contributed by atoms with Gasteiger partial charge in [0.15, 0.2) is 0 Å². The van der Waals surface area contributed by atoms with Gasteiger partial charge in [0.25, 0.3) is 0 Å². The van der Waals surface area contributed by atoms with Crippen LogP contribution in [0, 0.1) is 5.92 Å². The third-order valence-corrected chi connectivity index (χ3v) is 4.39. The summed E-state index contributed by atoms with van der Waals surface area (Å²) < 4.78 is 0. The fourth-order valence-corrected chi connectivity index (χ4v) is 3.34. The van der Waals surface area contributed by atoms with Crippen LogP contribution in [0.2, 0.25) is 0 Å². The van der Waals surface area contributed by atoms with Crippen LogP contribution in [0.3, 0.4) is 0 Å². The van der Waals surface area contributed by atoms with Crippen LogP contribution in [0.5, 0.6) is 0 Å². The minimum absolute atomic E-state index is 0.333. The maximum Gasteiger partial charge on any atom is 0.325 e. The predicted octanol–water partition coefficient (Wildman–Crippen LogP) is 1.50. The van der Waals surface area contributed by atoms with Crippen LogP contribution in [0.25, 0.3) is 0 Å². The number of nitrogens with zero attached hydrogens (tertiary/aromatic N) is 1. The Hall–Kier alpha value is -1.39. The zero-order valence-electron chi connectivity index (χ0n) is 11.0.